The van der Waals surface area contributed by atoms with E-state index in [1.807, 2.05) is 0 Å². The van der Waals surface area contributed by atoms with Gasteiger partial charge in [0.1, 0.15) is 0 Å². The van der Waals surface area contributed by atoms with Crippen molar-refractivity contribution in [2.75, 3.05) is 0 Å². The quantitative estimate of drug-likeness (QED) is 0.338. The van der Waals surface area contributed by atoms with Crippen molar-refractivity contribution in [3.8, 4) is 0 Å². The van der Waals surface area contributed by atoms with Gasteiger partial charge in [-0.25, -0.2) is 0 Å². The lowest BCUT2D eigenvalue weighted by Crippen LogP contribution is -2.08. The van der Waals surface area contributed by atoms with Gasteiger partial charge in [-0.05, 0) is 18.3 Å². The van der Waals surface area contributed by atoms with Gasteiger partial charge in [0.15, 0.2) is 0 Å². The molecule has 17 heavy (non-hydrogen) atoms. The average molecular weight is 240 g/mol. The predicted octanol–water partition coefficient (Wildman–Crippen LogP) is 6.59. The second-order valence-corrected chi connectivity index (χ2v) is 5.78. The molecule has 0 heteroatoms. The van der Waals surface area contributed by atoms with Crippen LogP contribution in [0.5, 0.6) is 0 Å². The third-order valence-corrected chi connectivity index (χ3v) is 4.25. The minimum absolute atomic E-state index is 1.01. The van der Waals surface area contributed by atoms with Crippen LogP contribution in [0.2, 0.25) is 0 Å². The number of hydrogen-bond donors (Lipinski definition) is 0. The highest BCUT2D eigenvalue weighted by Gasteiger charge is 2.13. The van der Waals surface area contributed by atoms with Crippen LogP contribution in [0, 0.1) is 11.8 Å². The molecular weight excluding hydrogens is 204 g/mol. The Morgan fingerprint density at radius 2 is 1.12 bits per heavy atom. The molecule has 0 bridgehead atoms. The van der Waals surface area contributed by atoms with E-state index >= 15 is 0 Å². The van der Waals surface area contributed by atoms with Crippen LogP contribution < -0.4 is 0 Å². The summed E-state index contributed by atoms with van der Waals surface area (Å²) in [5.41, 5.74) is 0. The second kappa shape index (κ2) is 12.5. The molecule has 0 radical (unpaired) electrons. The van der Waals surface area contributed by atoms with Gasteiger partial charge in [-0.2, -0.15) is 0 Å². The third kappa shape index (κ3) is 9.68. The minimum atomic E-state index is 1.01. The molecule has 0 aromatic rings. The van der Waals surface area contributed by atoms with Gasteiger partial charge < -0.3 is 0 Å². The predicted molar refractivity (Wildman–Crippen MR) is 80.5 cm³/mol. The summed E-state index contributed by atoms with van der Waals surface area (Å²) in [6.45, 7) is 9.38. The van der Waals surface area contributed by atoms with E-state index in [1.165, 1.54) is 70.6 Å². The molecule has 0 aromatic heterocycles. The van der Waals surface area contributed by atoms with Crippen molar-refractivity contribution in [2.45, 2.75) is 98.3 Å². The van der Waals surface area contributed by atoms with Gasteiger partial charge in [0.2, 0.25) is 0 Å². The Kier molecular flexibility index (Phi) is 12.5. The zero-order valence-electron chi connectivity index (χ0n) is 12.9. The molecule has 2 unspecified atom stereocenters. The van der Waals surface area contributed by atoms with Crippen LogP contribution in [0.1, 0.15) is 98.3 Å². The van der Waals surface area contributed by atoms with Crippen LogP contribution in [-0.4, -0.2) is 0 Å². The molecule has 0 aliphatic heterocycles. The maximum atomic E-state index is 2.39. The van der Waals surface area contributed by atoms with E-state index in [0.717, 1.165) is 11.8 Å². The molecule has 0 spiro atoms. The van der Waals surface area contributed by atoms with Gasteiger partial charge >= 0.3 is 0 Å². The number of unbranched alkanes of at least 4 members (excludes halogenated alkanes) is 4. The van der Waals surface area contributed by atoms with Gasteiger partial charge in [0.25, 0.3) is 0 Å². The fraction of sp³-hybridized carbons (Fsp3) is 1.00. The summed E-state index contributed by atoms with van der Waals surface area (Å²) < 4.78 is 0. The standard InChI is InChI=1S/C17H36/c1-5-9-11-12-14-17(8-4)15-16(7-3)13-10-6-2/h16-17H,5-15H2,1-4H3. The fourth-order valence-electron chi connectivity index (χ4n) is 2.80. The molecule has 0 aliphatic carbocycles. The van der Waals surface area contributed by atoms with Gasteiger partial charge in [-0.15, -0.1) is 0 Å². The van der Waals surface area contributed by atoms with Crippen molar-refractivity contribution in [3.63, 3.8) is 0 Å². The molecule has 0 fully saturated rings. The Morgan fingerprint density at radius 3 is 1.59 bits per heavy atom. The summed E-state index contributed by atoms with van der Waals surface area (Å²) in [5, 5.41) is 0. The fourth-order valence-corrected chi connectivity index (χ4v) is 2.80. The Hall–Kier alpha value is 0. The molecule has 0 aromatic carbocycles. The second-order valence-electron chi connectivity index (χ2n) is 5.78. The number of rotatable bonds is 12. The first-order valence-electron chi connectivity index (χ1n) is 8.28. The maximum Gasteiger partial charge on any atom is -0.0414 e. The Labute approximate surface area is 111 Å². The topological polar surface area (TPSA) is 0 Å². The smallest absolute Gasteiger partial charge is 0.0414 e. The molecule has 0 N–H and O–H groups in total. The van der Waals surface area contributed by atoms with Crippen molar-refractivity contribution in [2.24, 2.45) is 11.8 Å². The number of hydrogen-bond acceptors (Lipinski definition) is 0. The Morgan fingerprint density at radius 1 is 0.588 bits per heavy atom. The summed E-state index contributed by atoms with van der Waals surface area (Å²) in [7, 11) is 0. The molecule has 2 atom stereocenters. The van der Waals surface area contributed by atoms with Crippen molar-refractivity contribution in [1.82, 2.24) is 0 Å². The van der Waals surface area contributed by atoms with E-state index in [4.69, 9.17) is 0 Å². The first kappa shape index (κ1) is 17.0. The van der Waals surface area contributed by atoms with Crippen LogP contribution in [0.15, 0.2) is 0 Å². The molecule has 0 rings (SSSR count). The molecule has 0 heterocycles. The summed E-state index contributed by atoms with van der Waals surface area (Å²) in [4.78, 5) is 0. The van der Waals surface area contributed by atoms with Crippen molar-refractivity contribution < 1.29 is 0 Å². The van der Waals surface area contributed by atoms with Crippen molar-refractivity contribution >= 4 is 0 Å². The molecular formula is C17H36. The maximum absolute atomic E-state index is 2.39. The summed E-state index contributed by atoms with van der Waals surface area (Å²) in [6, 6.07) is 0. The van der Waals surface area contributed by atoms with E-state index in [2.05, 4.69) is 27.7 Å². The first-order valence-corrected chi connectivity index (χ1v) is 8.28. The average Bonchev–Trinajstić information content (AvgIpc) is 2.37. The van der Waals surface area contributed by atoms with E-state index in [0.29, 0.717) is 0 Å². The lowest BCUT2D eigenvalue weighted by Gasteiger charge is -2.21. The first-order chi connectivity index (χ1) is 8.28. The minimum Gasteiger partial charge on any atom is -0.0654 e. The summed E-state index contributed by atoms with van der Waals surface area (Å²) in [5.74, 6) is 2.01. The SMILES string of the molecule is CCCCCCC(CC)CC(CC)CCCC. The molecule has 0 nitrogen and oxygen atoms in total. The van der Waals surface area contributed by atoms with Gasteiger partial charge in [0, 0.05) is 0 Å². The zero-order valence-corrected chi connectivity index (χ0v) is 12.9. The van der Waals surface area contributed by atoms with Gasteiger partial charge in [-0.1, -0.05) is 91.9 Å². The molecule has 0 saturated carbocycles. The van der Waals surface area contributed by atoms with E-state index < -0.39 is 0 Å². The van der Waals surface area contributed by atoms with Crippen LogP contribution in [-0.2, 0) is 0 Å². The summed E-state index contributed by atoms with van der Waals surface area (Å²) >= 11 is 0. The van der Waals surface area contributed by atoms with Gasteiger partial charge in [0.05, 0.1) is 0 Å². The largest absolute Gasteiger partial charge is 0.0654 e. The molecule has 0 amide bonds. The third-order valence-electron chi connectivity index (χ3n) is 4.25. The molecule has 0 saturated heterocycles. The van der Waals surface area contributed by atoms with Crippen LogP contribution in [0.3, 0.4) is 0 Å². The monoisotopic (exact) mass is 240 g/mol. The lowest BCUT2D eigenvalue weighted by atomic mass is 9.85. The highest BCUT2D eigenvalue weighted by Crippen LogP contribution is 2.27. The highest BCUT2D eigenvalue weighted by atomic mass is 14.2. The van der Waals surface area contributed by atoms with Crippen molar-refractivity contribution in [1.29, 1.82) is 0 Å². The van der Waals surface area contributed by atoms with Crippen LogP contribution in [0.4, 0.5) is 0 Å². The molecule has 0 aliphatic rings. The summed E-state index contributed by atoms with van der Waals surface area (Å²) in [6.07, 6.45) is 15.8. The van der Waals surface area contributed by atoms with E-state index in [9.17, 15) is 0 Å². The Bertz CT molecular complexity index is 139. The van der Waals surface area contributed by atoms with E-state index in [1.54, 1.807) is 0 Å². The normalized spacial score (nSPS) is 14.8. The zero-order chi connectivity index (χ0) is 12.9. The van der Waals surface area contributed by atoms with Crippen LogP contribution in [0.25, 0.3) is 0 Å². The lowest BCUT2D eigenvalue weighted by molar-refractivity contribution is 0.309. The van der Waals surface area contributed by atoms with Gasteiger partial charge in [-0.3, -0.25) is 0 Å². The molecule has 104 valence electrons. The van der Waals surface area contributed by atoms with E-state index in [-0.39, 0.29) is 0 Å². The van der Waals surface area contributed by atoms with Crippen molar-refractivity contribution in [3.05, 3.63) is 0 Å². The van der Waals surface area contributed by atoms with Crippen LogP contribution >= 0.6 is 0 Å². The highest BCUT2D eigenvalue weighted by molar-refractivity contribution is 4.65. The Balaban J connectivity index is 3.74.